The van der Waals surface area contributed by atoms with E-state index in [0.29, 0.717) is 19.0 Å². The summed E-state index contributed by atoms with van der Waals surface area (Å²) >= 11 is 0. The summed E-state index contributed by atoms with van der Waals surface area (Å²) in [6, 6.07) is 5.66. The van der Waals surface area contributed by atoms with Gasteiger partial charge >= 0.3 is 0 Å². The minimum Gasteiger partial charge on any atom is -0.497 e. The Morgan fingerprint density at radius 2 is 1.86 bits per heavy atom. The fourth-order valence-corrected chi connectivity index (χ4v) is 2.38. The number of ether oxygens (including phenoxy) is 2. The zero-order chi connectivity index (χ0) is 20.4. The summed E-state index contributed by atoms with van der Waals surface area (Å²) in [6.45, 7) is 11.4. The Balaban J connectivity index is 0.00000729. The molecule has 1 aromatic carbocycles. The van der Waals surface area contributed by atoms with Crippen LogP contribution in [0.5, 0.6) is 11.5 Å². The molecule has 0 radical (unpaired) electrons. The molecular weight excluding hydrogens is 471 g/mol. The summed E-state index contributed by atoms with van der Waals surface area (Å²) < 4.78 is 10.8. The Bertz CT molecular complexity index is 645. The fourth-order valence-electron chi connectivity index (χ4n) is 2.38. The number of aliphatic imine (C=N–C) groups is 1. The van der Waals surface area contributed by atoms with Crippen LogP contribution >= 0.6 is 24.0 Å². The van der Waals surface area contributed by atoms with Gasteiger partial charge in [-0.15, -0.1) is 24.0 Å². The highest BCUT2D eigenvalue weighted by Crippen LogP contribution is 2.29. The summed E-state index contributed by atoms with van der Waals surface area (Å²) in [5.74, 6) is 2.25. The Labute approximate surface area is 186 Å². The zero-order valence-electron chi connectivity index (χ0n) is 18.0. The lowest BCUT2D eigenvalue weighted by Crippen LogP contribution is -2.40. The van der Waals surface area contributed by atoms with Crippen LogP contribution in [-0.2, 0) is 4.79 Å². The average molecular weight is 506 g/mol. The summed E-state index contributed by atoms with van der Waals surface area (Å²) in [5, 5.41) is 9.49. The average Bonchev–Trinajstić information content (AvgIpc) is 2.63. The molecular formula is C20H35IN4O3. The van der Waals surface area contributed by atoms with Gasteiger partial charge in [0.05, 0.1) is 26.8 Å². The molecule has 8 heteroatoms. The van der Waals surface area contributed by atoms with E-state index in [-0.39, 0.29) is 35.9 Å². The molecule has 160 valence electrons. The summed E-state index contributed by atoms with van der Waals surface area (Å²) in [5.41, 5.74) is 0.577. The van der Waals surface area contributed by atoms with E-state index in [1.807, 2.05) is 52.8 Å². The van der Waals surface area contributed by atoms with E-state index >= 15 is 0 Å². The summed E-state index contributed by atoms with van der Waals surface area (Å²) in [6.07, 6.45) is 0. The molecule has 28 heavy (non-hydrogen) atoms. The molecule has 0 aliphatic carbocycles. The van der Waals surface area contributed by atoms with E-state index in [1.165, 1.54) is 0 Å². The van der Waals surface area contributed by atoms with Crippen molar-refractivity contribution in [1.82, 2.24) is 16.0 Å². The molecule has 0 fully saturated rings. The standard InChI is InChI=1S/C20H34N4O3.HI/c1-8-21-19(23-12-11-22-18(25)20(3,4)5)24-14(2)16-13-15(26-6)9-10-17(16)27-7;/h9-10,13-14H,8,11-12H2,1-7H3,(H,22,25)(H2,21,23,24);1H. The van der Waals surface area contributed by atoms with Crippen LogP contribution in [0.3, 0.4) is 0 Å². The molecule has 0 saturated heterocycles. The summed E-state index contributed by atoms with van der Waals surface area (Å²) in [4.78, 5) is 16.5. The second-order valence-electron chi connectivity index (χ2n) is 7.24. The van der Waals surface area contributed by atoms with Gasteiger partial charge in [0.15, 0.2) is 5.96 Å². The van der Waals surface area contributed by atoms with Gasteiger partial charge in [-0.1, -0.05) is 20.8 Å². The molecule has 0 aliphatic heterocycles. The maximum Gasteiger partial charge on any atom is 0.225 e. The molecule has 0 heterocycles. The van der Waals surface area contributed by atoms with Crippen molar-refractivity contribution in [2.45, 2.75) is 40.7 Å². The molecule has 0 aliphatic rings. The molecule has 1 atom stereocenters. The van der Waals surface area contributed by atoms with Crippen LogP contribution in [0.15, 0.2) is 23.2 Å². The number of nitrogens with zero attached hydrogens (tertiary/aromatic N) is 1. The molecule has 3 N–H and O–H groups in total. The van der Waals surface area contributed by atoms with Crippen LogP contribution in [0.2, 0.25) is 0 Å². The van der Waals surface area contributed by atoms with E-state index in [1.54, 1.807) is 14.2 Å². The fraction of sp³-hybridized carbons (Fsp3) is 0.600. The van der Waals surface area contributed by atoms with Gasteiger partial charge in [0.1, 0.15) is 11.5 Å². The van der Waals surface area contributed by atoms with E-state index in [0.717, 1.165) is 23.6 Å². The second kappa shape index (κ2) is 12.7. The lowest BCUT2D eigenvalue weighted by Gasteiger charge is -2.21. The highest BCUT2D eigenvalue weighted by molar-refractivity contribution is 14.0. The van der Waals surface area contributed by atoms with Gasteiger partial charge in [0, 0.05) is 24.1 Å². The number of rotatable bonds is 8. The molecule has 1 aromatic rings. The number of benzene rings is 1. The van der Waals surface area contributed by atoms with Gasteiger partial charge in [0.2, 0.25) is 5.91 Å². The van der Waals surface area contributed by atoms with Gasteiger partial charge in [0.25, 0.3) is 0 Å². The van der Waals surface area contributed by atoms with E-state index in [4.69, 9.17) is 9.47 Å². The van der Waals surface area contributed by atoms with Gasteiger partial charge < -0.3 is 25.4 Å². The number of hydrogen-bond acceptors (Lipinski definition) is 4. The second-order valence-corrected chi connectivity index (χ2v) is 7.24. The normalized spacial score (nSPS) is 12.5. The topological polar surface area (TPSA) is 84.0 Å². The van der Waals surface area contributed by atoms with Crippen LogP contribution < -0.4 is 25.4 Å². The first kappa shape index (κ1) is 26.3. The van der Waals surface area contributed by atoms with Crippen molar-refractivity contribution in [1.29, 1.82) is 0 Å². The SMILES string of the molecule is CCNC(=NCCNC(=O)C(C)(C)C)NC(C)c1cc(OC)ccc1OC.I. The lowest BCUT2D eigenvalue weighted by molar-refractivity contribution is -0.128. The van der Waals surface area contributed by atoms with Crippen LogP contribution in [0.4, 0.5) is 0 Å². The number of amides is 1. The first-order valence-corrected chi connectivity index (χ1v) is 9.28. The maximum absolute atomic E-state index is 11.9. The van der Waals surface area contributed by atoms with Gasteiger partial charge in [-0.3, -0.25) is 9.79 Å². The van der Waals surface area contributed by atoms with E-state index in [2.05, 4.69) is 20.9 Å². The monoisotopic (exact) mass is 506 g/mol. The summed E-state index contributed by atoms with van der Waals surface area (Å²) in [7, 11) is 3.29. The minimum absolute atomic E-state index is 0. The Kier molecular flexibility index (Phi) is 11.9. The van der Waals surface area contributed by atoms with Crippen LogP contribution in [0.1, 0.15) is 46.2 Å². The number of guanidine groups is 1. The van der Waals surface area contributed by atoms with E-state index in [9.17, 15) is 4.79 Å². The Morgan fingerprint density at radius 3 is 2.39 bits per heavy atom. The van der Waals surface area contributed by atoms with Crippen LogP contribution in [0, 0.1) is 5.41 Å². The first-order valence-electron chi connectivity index (χ1n) is 9.28. The molecule has 0 bridgehead atoms. The predicted molar refractivity (Wildman–Crippen MR) is 125 cm³/mol. The number of hydrogen-bond donors (Lipinski definition) is 3. The third-order valence-electron chi connectivity index (χ3n) is 3.95. The highest BCUT2D eigenvalue weighted by Gasteiger charge is 2.20. The molecule has 1 amide bonds. The smallest absolute Gasteiger partial charge is 0.225 e. The Morgan fingerprint density at radius 1 is 1.18 bits per heavy atom. The van der Waals surface area contributed by atoms with Crippen molar-refractivity contribution < 1.29 is 14.3 Å². The zero-order valence-corrected chi connectivity index (χ0v) is 20.3. The van der Waals surface area contributed by atoms with Crippen molar-refractivity contribution in [2.75, 3.05) is 33.9 Å². The molecule has 0 aromatic heterocycles. The van der Waals surface area contributed by atoms with Crippen molar-refractivity contribution in [3.8, 4) is 11.5 Å². The van der Waals surface area contributed by atoms with Crippen molar-refractivity contribution in [3.63, 3.8) is 0 Å². The van der Waals surface area contributed by atoms with Gasteiger partial charge in [-0.25, -0.2) is 0 Å². The molecule has 0 spiro atoms. The van der Waals surface area contributed by atoms with Gasteiger partial charge in [-0.05, 0) is 32.0 Å². The third kappa shape index (κ3) is 8.53. The molecule has 1 rings (SSSR count). The number of nitrogens with one attached hydrogen (secondary N) is 3. The first-order chi connectivity index (χ1) is 12.7. The quantitative estimate of drug-likeness (QED) is 0.219. The largest absolute Gasteiger partial charge is 0.497 e. The number of carbonyl (C=O) groups is 1. The van der Waals surface area contributed by atoms with Crippen LogP contribution in [0.25, 0.3) is 0 Å². The lowest BCUT2D eigenvalue weighted by atomic mass is 9.96. The predicted octanol–water partition coefficient (Wildman–Crippen LogP) is 3.10. The molecule has 7 nitrogen and oxygen atoms in total. The molecule has 0 saturated carbocycles. The number of halogens is 1. The third-order valence-corrected chi connectivity index (χ3v) is 3.95. The highest BCUT2D eigenvalue weighted by atomic mass is 127. The van der Waals surface area contributed by atoms with Gasteiger partial charge in [-0.2, -0.15) is 0 Å². The number of methoxy groups -OCH3 is 2. The van der Waals surface area contributed by atoms with Crippen molar-refractivity contribution >= 4 is 35.8 Å². The van der Waals surface area contributed by atoms with E-state index < -0.39 is 5.41 Å². The Hall–Kier alpha value is -1.71. The minimum atomic E-state index is -0.399. The van der Waals surface area contributed by atoms with Crippen LogP contribution in [-0.4, -0.2) is 45.7 Å². The van der Waals surface area contributed by atoms with Crippen molar-refractivity contribution in [3.05, 3.63) is 23.8 Å². The maximum atomic E-state index is 11.9. The molecule has 1 unspecified atom stereocenters. The van der Waals surface area contributed by atoms with Crippen molar-refractivity contribution in [2.24, 2.45) is 10.4 Å². The number of carbonyl (C=O) groups excluding carboxylic acids is 1.